The molecule has 42 heavy (non-hydrogen) atoms. The minimum Gasteiger partial charge on any atom is -0.444 e. The highest BCUT2D eigenvalue weighted by molar-refractivity contribution is 5.92. The number of benzene rings is 1. The van der Waals surface area contributed by atoms with E-state index in [2.05, 4.69) is 24.5 Å². The summed E-state index contributed by atoms with van der Waals surface area (Å²) in [6, 6.07) is 3.81. The fraction of sp³-hybridized carbons (Fsp3) is 0.697. The van der Waals surface area contributed by atoms with E-state index in [1.54, 1.807) is 25.7 Å². The first-order valence-electron chi connectivity index (χ1n) is 15.6. The summed E-state index contributed by atoms with van der Waals surface area (Å²) < 4.78 is 5.43. The van der Waals surface area contributed by atoms with Crippen molar-refractivity contribution in [2.75, 3.05) is 6.54 Å². The van der Waals surface area contributed by atoms with Gasteiger partial charge in [0.2, 0.25) is 17.7 Å². The third-order valence-electron chi connectivity index (χ3n) is 6.93. The summed E-state index contributed by atoms with van der Waals surface area (Å²) in [4.78, 5) is 54.4. The average Bonchev–Trinajstić information content (AvgIpc) is 2.85. The molecular formula is C33H56N4O5. The fourth-order valence-electron chi connectivity index (χ4n) is 5.09. The zero-order valence-electron chi connectivity index (χ0n) is 27.3. The Morgan fingerprint density at radius 3 is 2.02 bits per heavy atom. The Morgan fingerprint density at radius 1 is 0.881 bits per heavy atom. The van der Waals surface area contributed by atoms with Gasteiger partial charge >= 0.3 is 6.09 Å². The summed E-state index contributed by atoms with van der Waals surface area (Å²) in [6.07, 6.45) is 6.86. The molecule has 3 unspecified atom stereocenters. The van der Waals surface area contributed by atoms with E-state index >= 15 is 0 Å². The Bertz CT molecular complexity index is 1000. The molecule has 3 atom stereocenters. The van der Waals surface area contributed by atoms with Gasteiger partial charge in [0, 0.05) is 19.0 Å². The number of ether oxygens (including phenoxy) is 1. The second kappa shape index (κ2) is 18.4. The van der Waals surface area contributed by atoms with Gasteiger partial charge in [-0.15, -0.1) is 0 Å². The summed E-state index contributed by atoms with van der Waals surface area (Å²) in [5.41, 5.74) is 7.32. The summed E-state index contributed by atoms with van der Waals surface area (Å²) in [5.74, 6) is -1.30. The molecule has 9 heteroatoms. The van der Waals surface area contributed by atoms with Gasteiger partial charge < -0.3 is 26.0 Å². The standard InChI is InChI=1S/C33H56N4O5/c1-9-11-12-13-14-15-19-37(31(40)27(17-18-28(34)38)36-32(41)42-33(6,7)8)29(30(39)35-25(5)16-10-2)26-21-23(3)20-24(4)22-26/h20-22,25,27,29H,9-19H2,1-8H3,(H2,34,38)(H,35,39)(H,36,41). The summed E-state index contributed by atoms with van der Waals surface area (Å²) in [7, 11) is 0. The second-order valence-electron chi connectivity index (χ2n) is 12.5. The van der Waals surface area contributed by atoms with Crippen LogP contribution in [0.5, 0.6) is 0 Å². The van der Waals surface area contributed by atoms with Crippen LogP contribution < -0.4 is 16.4 Å². The van der Waals surface area contributed by atoms with Crippen LogP contribution in [0, 0.1) is 13.8 Å². The lowest BCUT2D eigenvalue weighted by molar-refractivity contribution is -0.143. The zero-order chi connectivity index (χ0) is 31.9. The number of nitrogens with zero attached hydrogens (tertiary/aromatic N) is 1. The van der Waals surface area contributed by atoms with E-state index in [0.29, 0.717) is 18.5 Å². The maximum absolute atomic E-state index is 14.3. The van der Waals surface area contributed by atoms with Crippen molar-refractivity contribution in [3.63, 3.8) is 0 Å². The maximum Gasteiger partial charge on any atom is 0.408 e. The Labute approximate surface area is 253 Å². The van der Waals surface area contributed by atoms with Gasteiger partial charge in [-0.1, -0.05) is 81.7 Å². The molecule has 4 N–H and O–H groups in total. The monoisotopic (exact) mass is 588 g/mol. The SMILES string of the molecule is CCCCCCCCN(C(=O)C(CCC(N)=O)NC(=O)OC(C)(C)C)C(C(=O)NC(C)CCC)c1cc(C)cc(C)c1. The van der Waals surface area contributed by atoms with Crippen LogP contribution in [0.4, 0.5) is 4.79 Å². The van der Waals surface area contributed by atoms with Crippen molar-refractivity contribution in [2.45, 2.75) is 143 Å². The molecule has 0 aromatic heterocycles. The third kappa shape index (κ3) is 14.2. The van der Waals surface area contributed by atoms with E-state index in [9.17, 15) is 19.2 Å². The molecule has 0 radical (unpaired) electrons. The van der Waals surface area contributed by atoms with Crippen LogP contribution >= 0.6 is 0 Å². The van der Waals surface area contributed by atoms with E-state index in [4.69, 9.17) is 10.5 Å². The van der Waals surface area contributed by atoms with Gasteiger partial charge in [-0.2, -0.15) is 0 Å². The minimum atomic E-state index is -1.10. The van der Waals surface area contributed by atoms with E-state index in [1.807, 2.05) is 39.0 Å². The molecule has 9 nitrogen and oxygen atoms in total. The van der Waals surface area contributed by atoms with Gasteiger partial charge in [0.25, 0.3) is 0 Å². The van der Waals surface area contributed by atoms with Crippen LogP contribution in [-0.2, 0) is 19.1 Å². The molecule has 0 bridgehead atoms. The predicted octanol–water partition coefficient (Wildman–Crippen LogP) is 6.00. The van der Waals surface area contributed by atoms with Crippen molar-refractivity contribution >= 4 is 23.8 Å². The number of carbonyl (C=O) groups is 4. The molecule has 0 saturated carbocycles. The van der Waals surface area contributed by atoms with Gasteiger partial charge in [0.05, 0.1) is 0 Å². The van der Waals surface area contributed by atoms with Crippen LogP contribution in [0.2, 0.25) is 0 Å². The number of unbranched alkanes of at least 4 members (excludes halogenated alkanes) is 5. The molecule has 1 aromatic carbocycles. The first-order chi connectivity index (χ1) is 19.7. The topological polar surface area (TPSA) is 131 Å². The number of hydrogen-bond donors (Lipinski definition) is 3. The highest BCUT2D eigenvalue weighted by atomic mass is 16.6. The highest BCUT2D eigenvalue weighted by Crippen LogP contribution is 2.27. The molecule has 1 rings (SSSR count). The van der Waals surface area contributed by atoms with E-state index in [-0.39, 0.29) is 24.8 Å². The average molecular weight is 589 g/mol. The van der Waals surface area contributed by atoms with Crippen molar-refractivity contribution in [1.29, 1.82) is 0 Å². The molecule has 0 fully saturated rings. The Kier molecular flexibility index (Phi) is 16.2. The lowest BCUT2D eigenvalue weighted by Crippen LogP contribution is -2.54. The number of nitrogens with two attached hydrogens (primary N) is 1. The van der Waals surface area contributed by atoms with E-state index < -0.39 is 35.6 Å². The van der Waals surface area contributed by atoms with Crippen LogP contribution in [0.15, 0.2) is 18.2 Å². The van der Waals surface area contributed by atoms with Gasteiger partial charge in [-0.25, -0.2) is 4.79 Å². The Hall–Kier alpha value is -3.10. The molecule has 0 saturated heterocycles. The number of primary amides is 1. The van der Waals surface area contributed by atoms with Gasteiger partial charge in [-0.05, 0) is 66.4 Å². The molecule has 0 aliphatic heterocycles. The molecule has 0 aliphatic rings. The summed E-state index contributed by atoms with van der Waals surface area (Å²) in [6.45, 7) is 15.6. The van der Waals surface area contributed by atoms with Crippen molar-refractivity contribution in [1.82, 2.24) is 15.5 Å². The second-order valence-corrected chi connectivity index (χ2v) is 12.5. The Balaban J connectivity index is 3.56. The number of nitrogens with one attached hydrogen (secondary N) is 2. The number of rotatable bonds is 18. The molecule has 0 heterocycles. The molecule has 1 aromatic rings. The van der Waals surface area contributed by atoms with Gasteiger partial charge in [-0.3, -0.25) is 14.4 Å². The highest BCUT2D eigenvalue weighted by Gasteiger charge is 2.36. The van der Waals surface area contributed by atoms with E-state index in [0.717, 1.165) is 56.1 Å². The number of amides is 4. The number of hydrogen-bond acceptors (Lipinski definition) is 5. The molecule has 238 valence electrons. The molecule has 0 aliphatic carbocycles. The van der Waals surface area contributed by atoms with Crippen molar-refractivity contribution < 1.29 is 23.9 Å². The lowest BCUT2D eigenvalue weighted by atomic mass is 9.97. The van der Waals surface area contributed by atoms with Crippen LogP contribution in [0.3, 0.4) is 0 Å². The lowest BCUT2D eigenvalue weighted by Gasteiger charge is -2.35. The first kappa shape index (κ1) is 36.9. The van der Waals surface area contributed by atoms with Gasteiger partial charge in [0.15, 0.2) is 0 Å². The molecular weight excluding hydrogens is 532 g/mol. The van der Waals surface area contributed by atoms with E-state index in [1.165, 1.54) is 0 Å². The van der Waals surface area contributed by atoms with Crippen LogP contribution in [0.1, 0.15) is 128 Å². The summed E-state index contributed by atoms with van der Waals surface area (Å²) in [5, 5.41) is 5.78. The van der Waals surface area contributed by atoms with Crippen molar-refractivity contribution in [3.8, 4) is 0 Å². The quantitative estimate of drug-likeness (QED) is 0.181. The number of carbonyl (C=O) groups excluding carboxylic acids is 4. The van der Waals surface area contributed by atoms with Gasteiger partial charge in [0.1, 0.15) is 17.7 Å². The minimum absolute atomic E-state index is 0.00612. The predicted molar refractivity (Wildman–Crippen MR) is 168 cm³/mol. The molecule has 0 spiro atoms. The van der Waals surface area contributed by atoms with Crippen LogP contribution in [-0.4, -0.2) is 52.9 Å². The number of aryl methyl sites for hydroxylation is 2. The van der Waals surface area contributed by atoms with Crippen molar-refractivity contribution in [3.05, 3.63) is 34.9 Å². The Morgan fingerprint density at radius 2 is 1.48 bits per heavy atom. The molecule has 4 amide bonds. The largest absolute Gasteiger partial charge is 0.444 e. The summed E-state index contributed by atoms with van der Waals surface area (Å²) >= 11 is 0. The third-order valence-corrected chi connectivity index (χ3v) is 6.93. The maximum atomic E-state index is 14.3. The number of alkyl carbamates (subject to hydrolysis) is 1. The zero-order valence-corrected chi connectivity index (χ0v) is 27.3. The normalized spacial score (nSPS) is 13.5. The smallest absolute Gasteiger partial charge is 0.408 e. The fourth-order valence-corrected chi connectivity index (χ4v) is 5.09. The van der Waals surface area contributed by atoms with Crippen molar-refractivity contribution in [2.24, 2.45) is 5.73 Å². The first-order valence-corrected chi connectivity index (χ1v) is 15.6. The van der Waals surface area contributed by atoms with Crippen LogP contribution in [0.25, 0.3) is 0 Å².